The van der Waals surface area contributed by atoms with E-state index in [1.54, 1.807) is 28.4 Å². The van der Waals surface area contributed by atoms with Crippen LogP contribution in [0.2, 0.25) is 0 Å². The summed E-state index contributed by atoms with van der Waals surface area (Å²) in [5, 5.41) is 16.6. The predicted molar refractivity (Wildman–Crippen MR) is 106 cm³/mol. The van der Waals surface area contributed by atoms with Crippen molar-refractivity contribution >= 4 is 17.2 Å². The van der Waals surface area contributed by atoms with E-state index >= 15 is 0 Å². The molecule has 0 aliphatic rings. The molecule has 0 bridgehead atoms. The van der Waals surface area contributed by atoms with Crippen molar-refractivity contribution < 1.29 is 4.79 Å². The number of benzene rings is 1. The molecule has 0 fully saturated rings. The third kappa shape index (κ3) is 3.96. The number of hydrogen-bond donors (Lipinski definition) is 1. The van der Waals surface area contributed by atoms with Crippen molar-refractivity contribution in [1.82, 2.24) is 30.5 Å². The van der Waals surface area contributed by atoms with Gasteiger partial charge in [-0.3, -0.25) is 9.78 Å². The van der Waals surface area contributed by atoms with Crippen molar-refractivity contribution in [2.24, 2.45) is 0 Å². The SMILES string of the molecule is Cc1nnnn1-c1ccc(CC(=O)N[C@@H](c2ccncc2)c2cccs2)cc1. The van der Waals surface area contributed by atoms with E-state index in [9.17, 15) is 4.79 Å². The van der Waals surface area contributed by atoms with Crippen molar-refractivity contribution in [3.63, 3.8) is 0 Å². The van der Waals surface area contributed by atoms with E-state index < -0.39 is 0 Å². The van der Waals surface area contributed by atoms with E-state index in [0.717, 1.165) is 21.7 Å². The Morgan fingerprint density at radius 1 is 1.14 bits per heavy atom. The molecule has 1 N–H and O–H groups in total. The monoisotopic (exact) mass is 390 g/mol. The Balaban J connectivity index is 1.47. The molecule has 0 unspecified atom stereocenters. The summed E-state index contributed by atoms with van der Waals surface area (Å²) in [5.74, 6) is 0.670. The van der Waals surface area contributed by atoms with Crippen LogP contribution in [0, 0.1) is 6.92 Å². The van der Waals surface area contributed by atoms with Gasteiger partial charge in [-0.05, 0) is 64.2 Å². The molecule has 4 aromatic rings. The van der Waals surface area contributed by atoms with Gasteiger partial charge in [-0.25, -0.2) is 0 Å². The highest BCUT2D eigenvalue weighted by Crippen LogP contribution is 2.25. The zero-order valence-corrected chi connectivity index (χ0v) is 16.0. The van der Waals surface area contributed by atoms with Crippen LogP contribution >= 0.6 is 11.3 Å². The lowest BCUT2D eigenvalue weighted by atomic mass is 10.1. The molecule has 0 aliphatic carbocycles. The number of aryl methyl sites for hydroxylation is 1. The minimum atomic E-state index is -0.182. The van der Waals surface area contributed by atoms with Crippen molar-refractivity contribution in [1.29, 1.82) is 0 Å². The number of thiophene rings is 1. The zero-order valence-electron chi connectivity index (χ0n) is 15.2. The fraction of sp³-hybridized carbons (Fsp3) is 0.150. The molecule has 0 spiro atoms. The van der Waals surface area contributed by atoms with Gasteiger partial charge < -0.3 is 5.32 Å². The smallest absolute Gasteiger partial charge is 0.225 e. The van der Waals surface area contributed by atoms with Crippen molar-refractivity contribution in [2.45, 2.75) is 19.4 Å². The average Bonchev–Trinajstić information content (AvgIpc) is 3.39. The molecule has 1 aromatic carbocycles. The number of nitrogens with zero attached hydrogens (tertiary/aromatic N) is 5. The minimum absolute atomic E-state index is 0.0402. The maximum absolute atomic E-state index is 12.7. The number of nitrogens with one attached hydrogen (secondary N) is 1. The number of tetrazole rings is 1. The van der Waals surface area contributed by atoms with Crippen LogP contribution in [0.3, 0.4) is 0 Å². The standard InChI is InChI=1S/C20H18N6OS/c1-14-23-24-25-26(14)17-6-4-15(5-7-17)13-19(27)22-20(18-3-2-12-28-18)16-8-10-21-11-9-16/h2-12,20H,13H2,1H3,(H,22,27)/t20-/m0/s1. The van der Waals surface area contributed by atoms with Gasteiger partial charge in [0.15, 0.2) is 5.82 Å². The number of hydrogen-bond acceptors (Lipinski definition) is 6. The molecule has 28 heavy (non-hydrogen) atoms. The molecule has 0 saturated heterocycles. The zero-order chi connectivity index (χ0) is 19.3. The lowest BCUT2D eigenvalue weighted by Gasteiger charge is -2.18. The van der Waals surface area contributed by atoms with Crippen LogP contribution in [0.25, 0.3) is 5.69 Å². The number of carbonyl (C=O) groups is 1. The molecule has 3 heterocycles. The highest BCUT2D eigenvalue weighted by molar-refractivity contribution is 7.10. The lowest BCUT2D eigenvalue weighted by Crippen LogP contribution is -2.30. The summed E-state index contributed by atoms with van der Waals surface area (Å²) in [7, 11) is 0. The van der Waals surface area contributed by atoms with E-state index in [-0.39, 0.29) is 11.9 Å². The molecule has 1 atom stereocenters. The topological polar surface area (TPSA) is 85.6 Å². The van der Waals surface area contributed by atoms with Gasteiger partial charge in [-0.2, -0.15) is 4.68 Å². The van der Waals surface area contributed by atoms with Gasteiger partial charge >= 0.3 is 0 Å². The normalized spacial score (nSPS) is 11.9. The Bertz CT molecular complexity index is 1040. The molecule has 0 saturated carbocycles. The molecule has 1 amide bonds. The molecule has 3 aromatic heterocycles. The second-order valence-corrected chi connectivity index (χ2v) is 7.26. The fourth-order valence-electron chi connectivity index (χ4n) is 2.95. The van der Waals surface area contributed by atoms with Crippen LogP contribution < -0.4 is 5.32 Å². The van der Waals surface area contributed by atoms with E-state index in [0.29, 0.717) is 12.2 Å². The largest absolute Gasteiger partial charge is 0.344 e. The maximum Gasteiger partial charge on any atom is 0.225 e. The second kappa shape index (κ2) is 8.10. The number of aromatic nitrogens is 5. The van der Waals surface area contributed by atoms with Gasteiger partial charge in [-0.1, -0.05) is 18.2 Å². The third-order valence-corrected chi connectivity index (χ3v) is 5.28. The molecule has 7 nitrogen and oxygen atoms in total. The van der Waals surface area contributed by atoms with E-state index in [4.69, 9.17) is 0 Å². The van der Waals surface area contributed by atoms with Gasteiger partial charge in [0.25, 0.3) is 0 Å². The maximum atomic E-state index is 12.7. The Kier molecular flexibility index (Phi) is 5.20. The van der Waals surface area contributed by atoms with Crippen LogP contribution in [0.5, 0.6) is 0 Å². The summed E-state index contributed by atoms with van der Waals surface area (Å²) in [5.41, 5.74) is 2.79. The molecular formula is C20H18N6OS. The van der Waals surface area contributed by atoms with Crippen LogP contribution in [0.4, 0.5) is 0 Å². The van der Waals surface area contributed by atoms with E-state index in [1.165, 1.54) is 0 Å². The van der Waals surface area contributed by atoms with Crippen LogP contribution in [-0.2, 0) is 11.2 Å². The first-order valence-electron chi connectivity index (χ1n) is 8.78. The molecule has 8 heteroatoms. The quantitative estimate of drug-likeness (QED) is 0.547. The number of pyridine rings is 1. The van der Waals surface area contributed by atoms with Gasteiger partial charge in [0, 0.05) is 17.3 Å². The van der Waals surface area contributed by atoms with Gasteiger partial charge in [0.05, 0.1) is 18.2 Å². The van der Waals surface area contributed by atoms with Gasteiger partial charge in [0.2, 0.25) is 5.91 Å². The third-order valence-electron chi connectivity index (χ3n) is 4.34. The van der Waals surface area contributed by atoms with Crippen molar-refractivity contribution in [3.05, 3.63) is 88.1 Å². The van der Waals surface area contributed by atoms with Gasteiger partial charge in [-0.15, -0.1) is 16.4 Å². The highest BCUT2D eigenvalue weighted by atomic mass is 32.1. The van der Waals surface area contributed by atoms with Crippen molar-refractivity contribution in [2.75, 3.05) is 0 Å². The van der Waals surface area contributed by atoms with E-state index in [2.05, 4.69) is 25.8 Å². The summed E-state index contributed by atoms with van der Waals surface area (Å²) in [6, 6.07) is 15.3. The molecule has 4 rings (SSSR count). The lowest BCUT2D eigenvalue weighted by molar-refractivity contribution is -0.120. The molecule has 140 valence electrons. The first kappa shape index (κ1) is 18.0. The molecule has 0 radical (unpaired) electrons. The number of amides is 1. The number of rotatable bonds is 6. The summed E-state index contributed by atoms with van der Waals surface area (Å²) in [4.78, 5) is 17.9. The summed E-state index contributed by atoms with van der Waals surface area (Å²) < 4.78 is 1.65. The van der Waals surface area contributed by atoms with Crippen LogP contribution in [-0.4, -0.2) is 31.1 Å². The minimum Gasteiger partial charge on any atom is -0.344 e. The molecule has 0 aliphatic heterocycles. The van der Waals surface area contributed by atoms with Crippen LogP contribution in [0.15, 0.2) is 66.3 Å². The molecular weight excluding hydrogens is 372 g/mol. The summed E-state index contributed by atoms with van der Waals surface area (Å²) >= 11 is 1.62. The van der Waals surface area contributed by atoms with Gasteiger partial charge in [0.1, 0.15) is 0 Å². The fourth-order valence-corrected chi connectivity index (χ4v) is 3.76. The average molecular weight is 390 g/mol. The first-order chi connectivity index (χ1) is 13.7. The highest BCUT2D eigenvalue weighted by Gasteiger charge is 2.18. The Labute approximate surface area is 166 Å². The Morgan fingerprint density at radius 3 is 2.57 bits per heavy atom. The summed E-state index contributed by atoms with van der Waals surface area (Å²) in [6.45, 7) is 1.84. The summed E-state index contributed by atoms with van der Waals surface area (Å²) in [6.07, 6.45) is 3.77. The van der Waals surface area contributed by atoms with E-state index in [1.807, 2.05) is 60.8 Å². The van der Waals surface area contributed by atoms with Crippen LogP contribution in [0.1, 0.15) is 27.9 Å². The predicted octanol–water partition coefficient (Wildman–Crippen LogP) is 2.88. The Morgan fingerprint density at radius 2 is 1.93 bits per heavy atom. The number of carbonyl (C=O) groups excluding carboxylic acids is 1. The second-order valence-electron chi connectivity index (χ2n) is 6.28. The van der Waals surface area contributed by atoms with Crippen molar-refractivity contribution in [3.8, 4) is 5.69 Å². The first-order valence-corrected chi connectivity index (χ1v) is 9.65. The Hall–Kier alpha value is -3.39.